The van der Waals surface area contributed by atoms with Crippen LogP contribution in [-0.2, 0) is 16.1 Å². The lowest BCUT2D eigenvalue weighted by molar-refractivity contribution is -0.137. The normalized spacial score (nSPS) is 15.1. The minimum absolute atomic E-state index is 0.324. The molecule has 3 aromatic rings. The molecule has 2 aromatic heterocycles. The van der Waals surface area contributed by atoms with Crippen LogP contribution in [0.2, 0.25) is 0 Å². The van der Waals surface area contributed by atoms with Crippen LogP contribution in [0.1, 0.15) is 63.0 Å². The molecule has 0 unspecified atom stereocenters. The Morgan fingerprint density at radius 3 is 2.63 bits per heavy atom. The van der Waals surface area contributed by atoms with Crippen molar-refractivity contribution in [2.45, 2.75) is 58.4 Å². The molecule has 1 aromatic carbocycles. The summed E-state index contributed by atoms with van der Waals surface area (Å²) in [5, 5.41) is 5.71. The third-order valence-corrected chi connectivity index (χ3v) is 5.90. The van der Waals surface area contributed by atoms with Gasteiger partial charge in [-0.05, 0) is 44.2 Å². The number of rotatable bonds is 6. The standard InChI is InChI=1S/C25H29N3O2/c1-3-28-25-21(17-26-28)23(18-11-7-5-8-12-18)20(15-16-22(29)30-4-2)24(27-25)19-13-9-6-10-14-19/h6,9-10,13-18H,3-5,7-8,11-12H2,1-2H3/b16-15+. The summed E-state index contributed by atoms with van der Waals surface area (Å²) in [7, 11) is 0. The maximum Gasteiger partial charge on any atom is 0.330 e. The van der Waals surface area contributed by atoms with Crippen LogP contribution in [-0.4, -0.2) is 27.3 Å². The molecule has 1 saturated carbocycles. The molecular weight excluding hydrogens is 374 g/mol. The summed E-state index contributed by atoms with van der Waals surface area (Å²) in [5.74, 6) is 0.124. The Morgan fingerprint density at radius 1 is 1.17 bits per heavy atom. The fourth-order valence-corrected chi connectivity index (χ4v) is 4.51. The lowest BCUT2D eigenvalue weighted by Gasteiger charge is -2.25. The molecule has 0 N–H and O–H groups in total. The van der Waals surface area contributed by atoms with Crippen molar-refractivity contribution in [1.82, 2.24) is 14.8 Å². The summed E-state index contributed by atoms with van der Waals surface area (Å²) in [6, 6.07) is 10.2. The summed E-state index contributed by atoms with van der Waals surface area (Å²) >= 11 is 0. The van der Waals surface area contributed by atoms with Crippen LogP contribution in [0.25, 0.3) is 28.4 Å². The maximum atomic E-state index is 12.1. The zero-order chi connectivity index (χ0) is 20.9. The van der Waals surface area contributed by atoms with E-state index in [2.05, 4.69) is 24.2 Å². The highest BCUT2D eigenvalue weighted by atomic mass is 16.5. The number of carbonyl (C=O) groups excluding carboxylic acids is 1. The van der Waals surface area contributed by atoms with Crippen molar-refractivity contribution in [2.75, 3.05) is 6.61 Å². The van der Waals surface area contributed by atoms with Crippen LogP contribution in [0.3, 0.4) is 0 Å². The van der Waals surface area contributed by atoms with E-state index in [1.807, 2.05) is 42.1 Å². The van der Waals surface area contributed by atoms with Crippen LogP contribution in [0.15, 0.2) is 42.6 Å². The Balaban J connectivity index is 1.98. The maximum absolute atomic E-state index is 12.1. The Kier molecular flexibility index (Phi) is 6.26. The summed E-state index contributed by atoms with van der Waals surface area (Å²) in [6.07, 6.45) is 11.5. The molecule has 1 aliphatic rings. The summed E-state index contributed by atoms with van der Waals surface area (Å²) in [6.45, 7) is 5.05. The topological polar surface area (TPSA) is 57.0 Å². The molecule has 30 heavy (non-hydrogen) atoms. The van der Waals surface area contributed by atoms with Gasteiger partial charge < -0.3 is 4.74 Å². The minimum atomic E-state index is -0.324. The number of hydrogen-bond acceptors (Lipinski definition) is 4. The molecule has 4 rings (SSSR count). The number of fused-ring (bicyclic) bond motifs is 1. The van der Waals surface area contributed by atoms with Crippen LogP contribution >= 0.6 is 0 Å². The molecule has 0 amide bonds. The van der Waals surface area contributed by atoms with Crippen LogP contribution in [0.4, 0.5) is 0 Å². The van der Waals surface area contributed by atoms with Gasteiger partial charge in [0.2, 0.25) is 0 Å². The van der Waals surface area contributed by atoms with Gasteiger partial charge in [-0.25, -0.2) is 14.5 Å². The summed E-state index contributed by atoms with van der Waals surface area (Å²) in [5.41, 5.74) is 5.16. The number of nitrogens with zero attached hydrogens (tertiary/aromatic N) is 3. The molecule has 5 nitrogen and oxygen atoms in total. The van der Waals surface area contributed by atoms with E-state index in [1.54, 1.807) is 0 Å². The van der Waals surface area contributed by atoms with Crippen molar-refractivity contribution in [3.8, 4) is 11.3 Å². The van der Waals surface area contributed by atoms with E-state index in [0.29, 0.717) is 12.5 Å². The van der Waals surface area contributed by atoms with Crippen molar-refractivity contribution in [3.63, 3.8) is 0 Å². The van der Waals surface area contributed by atoms with Gasteiger partial charge in [-0.15, -0.1) is 0 Å². The molecule has 0 spiro atoms. The second-order valence-electron chi connectivity index (χ2n) is 7.77. The summed E-state index contributed by atoms with van der Waals surface area (Å²) in [4.78, 5) is 17.2. The first-order valence-corrected chi connectivity index (χ1v) is 11.0. The van der Waals surface area contributed by atoms with E-state index >= 15 is 0 Å². The highest BCUT2D eigenvalue weighted by Gasteiger charge is 2.25. The molecule has 0 radical (unpaired) electrons. The highest BCUT2D eigenvalue weighted by molar-refractivity contribution is 5.94. The molecule has 1 aliphatic carbocycles. The molecule has 0 bridgehead atoms. The Hall–Kier alpha value is -2.95. The van der Waals surface area contributed by atoms with Gasteiger partial charge in [0.05, 0.1) is 18.5 Å². The summed E-state index contributed by atoms with van der Waals surface area (Å²) < 4.78 is 7.11. The van der Waals surface area contributed by atoms with Gasteiger partial charge in [0.25, 0.3) is 0 Å². The quantitative estimate of drug-likeness (QED) is 0.389. The number of ether oxygens (including phenoxy) is 1. The zero-order valence-corrected chi connectivity index (χ0v) is 17.8. The fourth-order valence-electron chi connectivity index (χ4n) is 4.51. The van der Waals surface area contributed by atoms with Crippen molar-refractivity contribution in [2.24, 2.45) is 0 Å². The van der Waals surface area contributed by atoms with Crippen LogP contribution in [0, 0.1) is 0 Å². The fraction of sp³-hybridized carbons (Fsp3) is 0.400. The average Bonchev–Trinajstić information content (AvgIpc) is 3.20. The zero-order valence-electron chi connectivity index (χ0n) is 17.8. The first-order valence-electron chi connectivity index (χ1n) is 11.0. The highest BCUT2D eigenvalue weighted by Crippen LogP contribution is 2.41. The van der Waals surface area contributed by atoms with E-state index in [-0.39, 0.29) is 5.97 Å². The minimum Gasteiger partial charge on any atom is -0.463 e. The first-order chi connectivity index (χ1) is 14.7. The average molecular weight is 404 g/mol. The first kappa shape index (κ1) is 20.3. The van der Waals surface area contributed by atoms with Gasteiger partial charge in [0.1, 0.15) is 0 Å². The van der Waals surface area contributed by atoms with Gasteiger partial charge in [0, 0.05) is 29.1 Å². The number of hydrogen-bond donors (Lipinski definition) is 0. The number of esters is 1. The molecule has 0 saturated heterocycles. The largest absolute Gasteiger partial charge is 0.463 e. The second-order valence-corrected chi connectivity index (χ2v) is 7.77. The van der Waals surface area contributed by atoms with Crippen molar-refractivity contribution < 1.29 is 9.53 Å². The van der Waals surface area contributed by atoms with Gasteiger partial charge in [0.15, 0.2) is 5.65 Å². The lowest BCUT2D eigenvalue weighted by atomic mass is 9.80. The van der Waals surface area contributed by atoms with Gasteiger partial charge in [-0.3, -0.25) is 0 Å². The molecule has 5 heteroatoms. The molecule has 1 fully saturated rings. The Labute approximate surface area is 177 Å². The molecule has 2 heterocycles. The second kappa shape index (κ2) is 9.24. The third kappa shape index (κ3) is 4.02. The smallest absolute Gasteiger partial charge is 0.330 e. The predicted molar refractivity (Wildman–Crippen MR) is 120 cm³/mol. The van der Waals surface area contributed by atoms with Gasteiger partial charge >= 0.3 is 5.97 Å². The number of benzene rings is 1. The Morgan fingerprint density at radius 2 is 1.93 bits per heavy atom. The number of aryl methyl sites for hydroxylation is 1. The van der Waals surface area contributed by atoms with Gasteiger partial charge in [-0.2, -0.15) is 5.10 Å². The van der Waals surface area contributed by atoms with E-state index in [1.165, 1.54) is 30.9 Å². The van der Waals surface area contributed by atoms with E-state index in [4.69, 9.17) is 9.72 Å². The lowest BCUT2D eigenvalue weighted by Crippen LogP contribution is -2.10. The monoisotopic (exact) mass is 403 g/mol. The van der Waals surface area contributed by atoms with Crippen molar-refractivity contribution >= 4 is 23.1 Å². The van der Waals surface area contributed by atoms with E-state index in [0.717, 1.165) is 47.2 Å². The van der Waals surface area contributed by atoms with E-state index in [9.17, 15) is 4.79 Å². The molecular formula is C25H29N3O2. The third-order valence-electron chi connectivity index (χ3n) is 5.90. The number of pyridine rings is 1. The SMILES string of the molecule is CCOC(=O)/C=C/c1c(-c2ccccc2)nc2c(cnn2CC)c1C1CCCCC1. The van der Waals surface area contributed by atoms with E-state index < -0.39 is 0 Å². The van der Waals surface area contributed by atoms with Crippen molar-refractivity contribution in [1.29, 1.82) is 0 Å². The van der Waals surface area contributed by atoms with Crippen LogP contribution in [0.5, 0.6) is 0 Å². The molecule has 156 valence electrons. The predicted octanol–water partition coefficient (Wildman–Crippen LogP) is 5.74. The number of aromatic nitrogens is 3. The van der Waals surface area contributed by atoms with Crippen molar-refractivity contribution in [3.05, 3.63) is 53.7 Å². The Bertz CT molecular complexity index is 1050. The molecule has 0 aliphatic heterocycles. The van der Waals surface area contributed by atoms with Gasteiger partial charge in [-0.1, -0.05) is 49.6 Å². The molecule has 0 atom stereocenters. The number of carbonyl (C=O) groups is 1. The van der Waals surface area contributed by atoms with Crippen LogP contribution < -0.4 is 0 Å².